The summed E-state index contributed by atoms with van der Waals surface area (Å²) < 4.78 is 18.1. The molecule has 0 fully saturated rings. The normalized spacial score (nSPS) is 9.77. The zero-order valence-electron chi connectivity index (χ0n) is 6.88. The fourth-order valence-corrected chi connectivity index (χ4v) is 1.32. The molecule has 0 bridgehead atoms. The Morgan fingerprint density at radius 3 is 3.00 bits per heavy atom. The van der Waals surface area contributed by atoms with Crippen LogP contribution in [0.1, 0.15) is 5.56 Å². The van der Waals surface area contributed by atoms with Crippen LogP contribution in [0.3, 0.4) is 0 Å². The summed E-state index contributed by atoms with van der Waals surface area (Å²) in [6, 6.07) is 0. The van der Waals surface area contributed by atoms with Gasteiger partial charge in [-0.25, -0.2) is 4.39 Å². The molecule has 1 heterocycles. The molecule has 1 aromatic rings. The van der Waals surface area contributed by atoms with E-state index in [9.17, 15) is 9.18 Å². The Morgan fingerprint density at radius 1 is 1.69 bits per heavy atom. The van der Waals surface area contributed by atoms with Gasteiger partial charge in [-0.1, -0.05) is 0 Å². The van der Waals surface area contributed by atoms with Gasteiger partial charge in [-0.05, 0) is 22.6 Å². The van der Waals surface area contributed by atoms with Gasteiger partial charge in [-0.2, -0.15) is 0 Å². The van der Waals surface area contributed by atoms with E-state index in [-0.39, 0.29) is 12.0 Å². The Balaban J connectivity index is 2.89. The van der Waals surface area contributed by atoms with Crippen LogP contribution in [0.2, 0.25) is 0 Å². The minimum absolute atomic E-state index is 0.0772. The fourth-order valence-electron chi connectivity index (χ4n) is 0.810. The number of ether oxygens (including phenoxy) is 1. The Kier molecular flexibility index (Phi) is 3.58. The molecule has 1 rings (SSSR count). The number of rotatable bonds is 2. The van der Waals surface area contributed by atoms with Crippen molar-refractivity contribution in [3.05, 3.63) is 27.3 Å². The molecule has 0 aromatic carbocycles. The first-order valence-electron chi connectivity index (χ1n) is 3.50. The van der Waals surface area contributed by atoms with Gasteiger partial charge in [0.25, 0.3) is 0 Å². The SMILES string of the molecule is COC(=O)Cc1cncc(I)c1F. The highest BCUT2D eigenvalue weighted by atomic mass is 127. The number of pyridine rings is 1. The van der Waals surface area contributed by atoms with E-state index in [2.05, 4.69) is 9.72 Å². The zero-order valence-corrected chi connectivity index (χ0v) is 9.04. The highest BCUT2D eigenvalue weighted by molar-refractivity contribution is 14.1. The van der Waals surface area contributed by atoms with Crippen molar-refractivity contribution in [2.45, 2.75) is 6.42 Å². The Hall–Kier alpha value is -0.720. The van der Waals surface area contributed by atoms with Gasteiger partial charge < -0.3 is 4.74 Å². The van der Waals surface area contributed by atoms with Gasteiger partial charge >= 0.3 is 5.97 Å². The zero-order chi connectivity index (χ0) is 9.84. The van der Waals surface area contributed by atoms with Crippen LogP contribution in [0.5, 0.6) is 0 Å². The summed E-state index contributed by atoms with van der Waals surface area (Å²) >= 11 is 1.82. The Morgan fingerprint density at radius 2 is 2.38 bits per heavy atom. The van der Waals surface area contributed by atoms with Crippen LogP contribution in [-0.2, 0) is 16.0 Å². The van der Waals surface area contributed by atoms with Gasteiger partial charge in [0.1, 0.15) is 5.82 Å². The molecule has 0 unspecified atom stereocenters. The monoisotopic (exact) mass is 295 g/mol. The predicted molar refractivity (Wildman–Crippen MR) is 52.6 cm³/mol. The molecule has 0 radical (unpaired) electrons. The summed E-state index contributed by atoms with van der Waals surface area (Å²) in [6.45, 7) is 0. The highest BCUT2D eigenvalue weighted by Gasteiger charge is 2.10. The number of hydrogen-bond acceptors (Lipinski definition) is 3. The number of esters is 1. The number of methoxy groups -OCH3 is 1. The van der Waals surface area contributed by atoms with Crippen LogP contribution >= 0.6 is 22.6 Å². The van der Waals surface area contributed by atoms with E-state index in [1.807, 2.05) is 22.6 Å². The van der Waals surface area contributed by atoms with Crippen molar-refractivity contribution in [2.75, 3.05) is 7.11 Å². The van der Waals surface area contributed by atoms with Crippen LogP contribution < -0.4 is 0 Å². The van der Waals surface area contributed by atoms with E-state index >= 15 is 0 Å². The van der Waals surface area contributed by atoms with Crippen LogP contribution in [-0.4, -0.2) is 18.1 Å². The maximum atomic E-state index is 13.2. The second-order valence-corrected chi connectivity index (χ2v) is 3.51. The molecule has 0 aliphatic carbocycles. The van der Waals surface area contributed by atoms with Crippen molar-refractivity contribution < 1.29 is 13.9 Å². The number of halogens is 2. The van der Waals surface area contributed by atoms with E-state index in [1.165, 1.54) is 19.5 Å². The molecule has 0 saturated carbocycles. The van der Waals surface area contributed by atoms with Crippen molar-refractivity contribution in [3.8, 4) is 0 Å². The lowest BCUT2D eigenvalue weighted by Gasteiger charge is -2.01. The first-order chi connectivity index (χ1) is 6.15. The summed E-state index contributed by atoms with van der Waals surface area (Å²) in [5.41, 5.74) is 0.263. The minimum atomic E-state index is -0.470. The number of nitrogens with zero attached hydrogens (tertiary/aromatic N) is 1. The summed E-state index contributed by atoms with van der Waals surface area (Å²) in [4.78, 5) is 14.6. The second kappa shape index (κ2) is 4.50. The maximum absolute atomic E-state index is 13.2. The number of aromatic nitrogens is 1. The lowest BCUT2D eigenvalue weighted by atomic mass is 10.2. The smallest absolute Gasteiger partial charge is 0.310 e. The molecule has 13 heavy (non-hydrogen) atoms. The average molecular weight is 295 g/mol. The maximum Gasteiger partial charge on any atom is 0.310 e. The second-order valence-electron chi connectivity index (χ2n) is 2.35. The molecule has 0 saturated heterocycles. The van der Waals surface area contributed by atoms with Crippen molar-refractivity contribution in [3.63, 3.8) is 0 Å². The molecule has 70 valence electrons. The van der Waals surface area contributed by atoms with Crippen molar-refractivity contribution in [2.24, 2.45) is 0 Å². The third-order valence-electron chi connectivity index (χ3n) is 1.47. The van der Waals surface area contributed by atoms with E-state index in [0.717, 1.165) is 0 Å². The Labute approximate surface area is 88.4 Å². The van der Waals surface area contributed by atoms with Gasteiger partial charge in [0.05, 0.1) is 17.1 Å². The first kappa shape index (κ1) is 10.4. The van der Waals surface area contributed by atoms with Crippen molar-refractivity contribution >= 4 is 28.6 Å². The van der Waals surface area contributed by atoms with Crippen LogP contribution in [0.4, 0.5) is 4.39 Å². The van der Waals surface area contributed by atoms with Gasteiger partial charge in [-0.3, -0.25) is 9.78 Å². The van der Waals surface area contributed by atoms with Gasteiger partial charge in [-0.15, -0.1) is 0 Å². The molecule has 1 aromatic heterocycles. The quantitative estimate of drug-likeness (QED) is 0.614. The first-order valence-corrected chi connectivity index (χ1v) is 4.57. The molecule has 0 spiro atoms. The van der Waals surface area contributed by atoms with Crippen LogP contribution in [0, 0.1) is 9.39 Å². The summed E-state index contributed by atoms with van der Waals surface area (Å²) in [7, 11) is 1.27. The number of carbonyl (C=O) groups excluding carboxylic acids is 1. The van der Waals surface area contributed by atoms with E-state index in [0.29, 0.717) is 3.57 Å². The lowest BCUT2D eigenvalue weighted by molar-refractivity contribution is -0.139. The van der Waals surface area contributed by atoms with Crippen molar-refractivity contribution in [1.29, 1.82) is 0 Å². The van der Waals surface area contributed by atoms with Crippen LogP contribution in [0.15, 0.2) is 12.4 Å². The van der Waals surface area contributed by atoms with E-state index in [1.54, 1.807) is 0 Å². The minimum Gasteiger partial charge on any atom is -0.469 e. The molecular formula is C8H7FINO2. The van der Waals surface area contributed by atoms with Gasteiger partial charge in [0.2, 0.25) is 0 Å². The van der Waals surface area contributed by atoms with Gasteiger partial charge in [0, 0.05) is 18.0 Å². The lowest BCUT2D eigenvalue weighted by Crippen LogP contribution is -2.07. The highest BCUT2D eigenvalue weighted by Crippen LogP contribution is 2.13. The molecule has 3 nitrogen and oxygen atoms in total. The van der Waals surface area contributed by atoms with E-state index in [4.69, 9.17) is 0 Å². The van der Waals surface area contributed by atoms with Gasteiger partial charge in [0.15, 0.2) is 0 Å². The molecular weight excluding hydrogens is 288 g/mol. The standard InChI is InChI=1S/C8H7FINO2/c1-13-7(12)2-5-3-11-4-6(10)8(5)9/h3-4H,2H2,1H3. The summed E-state index contributed by atoms with van der Waals surface area (Å²) in [6.07, 6.45) is 2.65. The fraction of sp³-hybridized carbons (Fsp3) is 0.250. The molecule has 0 amide bonds. The summed E-state index contributed by atoms with van der Waals surface area (Å²) in [5, 5.41) is 0. The van der Waals surface area contributed by atoms with Crippen molar-refractivity contribution in [1.82, 2.24) is 4.98 Å². The largest absolute Gasteiger partial charge is 0.469 e. The Bertz CT molecular complexity index is 330. The number of hydrogen-bond donors (Lipinski definition) is 0. The molecule has 0 N–H and O–H groups in total. The average Bonchev–Trinajstić information content (AvgIpc) is 2.13. The molecule has 0 atom stereocenters. The molecule has 0 aliphatic rings. The van der Waals surface area contributed by atoms with Crippen LogP contribution in [0.25, 0.3) is 0 Å². The third-order valence-corrected chi connectivity index (χ3v) is 2.22. The molecule has 0 aliphatic heterocycles. The third kappa shape index (κ3) is 2.61. The topological polar surface area (TPSA) is 39.2 Å². The van der Waals surface area contributed by atoms with E-state index < -0.39 is 11.8 Å². The summed E-state index contributed by atoms with van der Waals surface area (Å²) in [5.74, 6) is -0.872. The molecule has 5 heteroatoms. The number of carbonyl (C=O) groups is 1. The predicted octanol–water partition coefficient (Wildman–Crippen LogP) is 1.54.